The molecule has 4 rings (SSSR count). The highest BCUT2D eigenvalue weighted by atomic mass is 16.5. The van der Waals surface area contributed by atoms with Gasteiger partial charge in [-0.15, -0.1) is 0 Å². The van der Waals surface area contributed by atoms with Gasteiger partial charge in [-0.1, -0.05) is 10.3 Å². The molecule has 4 heterocycles. The van der Waals surface area contributed by atoms with E-state index in [1.807, 2.05) is 24.1 Å². The molecule has 1 aliphatic heterocycles. The Morgan fingerprint density at radius 1 is 1.30 bits per heavy atom. The van der Waals surface area contributed by atoms with Crippen molar-refractivity contribution in [1.82, 2.24) is 30.0 Å². The van der Waals surface area contributed by atoms with Gasteiger partial charge in [0.2, 0.25) is 5.89 Å². The van der Waals surface area contributed by atoms with Gasteiger partial charge in [-0.3, -0.25) is 9.48 Å². The first-order valence-corrected chi connectivity index (χ1v) is 9.11. The average Bonchev–Trinajstić information content (AvgIpc) is 3.43. The minimum Gasteiger partial charge on any atom is -0.361 e. The van der Waals surface area contributed by atoms with Crippen molar-refractivity contribution >= 4 is 5.91 Å². The zero-order valence-corrected chi connectivity index (χ0v) is 15.5. The molecule has 1 fully saturated rings. The van der Waals surface area contributed by atoms with Crippen LogP contribution in [0, 0.1) is 19.8 Å². The minimum atomic E-state index is -0.0769. The SMILES string of the molecule is Cc1nc(CCC2CCN(C(=O)c3noc(C)c3Cn3cccn3)C2)no1. The summed E-state index contributed by atoms with van der Waals surface area (Å²) in [6.07, 6.45) is 6.22. The van der Waals surface area contributed by atoms with E-state index in [0.717, 1.165) is 37.2 Å². The van der Waals surface area contributed by atoms with Crippen LogP contribution in [-0.2, 0) is 13.0 Å². The number of likely N-dealkylation sites (tertiary alicyclic amines) is 1. The maximum Gasteiger partial charge on any atom is 0.276 e. The second kappa shape index (κ2) is 7.34. The molecule has 1 atom stereocenters. The summed E-state index contributed by atoms with van der Waals surface area (Å²) in [6, 6.07) is 1.85. The van der Waals surface area contributed by atoms with Crippen molar-refractivity contribution in [2.75, 3.05) is 13.1 Å². The number of aryl methyl sites for hydroxylation is 3. The van der Waals surface area contributed by atoms with E-state index in [1.165, 1.54) is 0 Å². The number of amides is 1. The smallest absolute Gasteiger partial charge is 0.276 e. The van der Waals surface area contributed by atoms with Crippen molar-refractivity contribution in [3.8, 4) is 0 Å². The lowest BCUT2D eigenvalue weighted by atomic mass is 10.0. The summed E-state index contributed by atoms with van der Waals surface area (Å²) in [5.74, 6) is 2.31. The molecule has 9 nitrogen and oxygen atoms in total. The van der Waals surface area contributed by atoms with E-state index in [1.54, 1.807) is 17.8 Å². The van der Waals surface area contributed by atoms with Crippen LogP contribution in [-0.4, -0.2) is 49.0 Å². The van der Waals surface area contributed by atoms with Crippen LogP contribution in [0.1, 0.15) is 46.4 Å². The first-order chi connectivity index (χ1) is 13.1. The molecule has 3 aromatic rings. The van der Waals surface area contributed by atoms with E-state index in [2.05, 4.69) is 20.4 Å². The molecule has 0 saturated carbocycles. The highest BCUT2D eigenvalue weighted by Crippen LogP contribution is 2.24. The van der Waals surface area contributed by atoms with Crippen molar-refractivity contribution < 1.29 is 13.8 Å². The molecule has 0 radical (unpaired) electrons. The molecule has 1 aliphatic rings. The summed E-state index contributed by atoms with van der Waals surface area (Å²) in [7, 11) is 0. The second-order valence-corrected chi connectivity index (χ2v) is 6.94. The fourth-order valence-corrected chi connectivity index (χ4v) is 3.48. The zero-order chi connectivity index (χ0) is 18.8. The fourth-order valence-electron chi connectivity index (χ4n) is 3.48. The Hall–Kier alpha value is -2.97. The van der Waals surface area contributed by atoms with E-state index in [4.69, 9.17) is 9.05 Å². The predicted molar refractivity (Wildman–Crippen MR) is 93.9 cm³/mol. The van der Waals surface area contributed by atoms with E-state index >= 15 is 0 Å². The fraction of sp³-hybridized carbons (Fsp3) is 0.500. The molecule has 0 aromatic carbocycles. The number of rotatable bonds is 6. The van der Waals surface area contributed by atoms with Gasteiger partial charge in [-0.05, 0) is 31.7 Å². The van der Waals surface area contributed by atoms with Gasteiger partial charge in [-0.25, -0.2) is 0 Å². The molecular formula is C18H22N6O3. The van der Waals surface area contributed by atoms with Crippen LogP contribution in [0.15, 0.2) is 27.5 Å². The summed E-state index contributed by atoms with van der Waals surface area (Å²) >= 11 is 0. The third-order valence-corrected chi connectivity index (χ3v) is 4.99. The van der Waals surface area contributed by atoms with E-state index < -0.39 is 0 Å². The Kier molecular flexibility index (Phi) is 4.74. The van der Waals surface area contributed by atoms with Crippen LogP contribution in [0.5, 0.6) is 0 Å². The molecule has 0 bridgehead atoms. The normalized spacial score (nSPS) is 17.0. The van der Waals surface area contributed by atoms with Crippen molar-refractivity contribution in [1.29, 1.82) is 0 Å². The molecule has 27 heavy (non-hydrogen) atoms. The second-order valence-electron chi connectivity index (χ2n) is 6.94. The Bertz CT molecular complexity index is 914. The van der Waals surface area contributed by atoms with Gasteiger partial charge < -0.3 is 13.9 Å². The monoisotopic (exact) mass is 370 g/mol. The number of carbonyl (C=O) groups excluding carboxylic acids is 1. The summed E-state index contributed by atoms with van der Waals surface area (Å²) in [6.45, 7) is 5.51. The molecule has 9 heteroatoms. The Morgan fingerprint density at radius 3 is 2.93 bits per heavy atom. The molecule has 1 unspecified atom stereocenters. The van der Waals surface area contributed by atoms with Gasteiger partial charge in [0.25, 0.3) is 5.91 Å². The number of hydrogen-bond acceptors (Lipinski definition) is 7. The zero-order valence-electron chi connectivity index (χ0n) is 15.5. The molecule has 0 N–H and O–H groups in total. The van der Waals surface area contributed by atoms with Gasteiger partial charge in [-0.2, -0.15) is 10.1 Å². The maximum absolute atomic E-state index is 13.0. The number of aromatic nitrogens is 5. The molecule has 3 aromatic heterocycles. The lowest BCUT2D eigenvalue weighted by Crippen LogP contribution is -2.30. The Morgan fingerprint density at radius 2 is 2.19 bits per heavy atom. The van der Waals surface area contributed by atoms with Crippen LogP contribution in [0.25, 0.3) is 0 Å². The van der Waals surface area contributed by atoms with E-state index in [0.29, 0.717) is 36.4 Å². The van der Waals surface area contributed by atoms with Crippen LogP contribution in [0.2, 0.25) is 0 Å². The Balaban J connectivity index is 1.39. The van der Waals surface area contributed by atoms with E-state index in [9.17, 15) is 4.79 Å². The standard InChI is InChI=1S/C18H22N6O3/c1-12-15(11-24-8-3-7-19-24)17(22-26-12)18(25)23-9-6-14(10-23)4-5-16-20-13(2)27-21-16/h3,7-8,14H,4-6,9-11H2,1-2H3. The lowest BCUT2D eigenvalue weighted by molar-refractivity contribution is 0.0775. The highest BCUT2D eigenvalue weighted by Gasteiger charge is 2.31. The van der Waals surface area contributed by atoms with Crippen molar-refractivity contribution in [2.45, 2.75) is 39.7 Å². The summed E-state index contributed by atoms with van der Waals surface area (Å²) in [5, 5.41) is 12.2. The number of carbonyl (C=O) groups is 1. The molecule has 0 spiro atoms. The van der Waals surface area contributed by atoms with Crippen LogP contribution in [0.4, 0.5) is 0 Å². The van der Waals surface area contributed by atoms with Gasteiger partial charge in [0.1, 0.15) is 5.76 Å². The van der Waals surface area contributed by atoms with Crippen molar-refractivity contribution in [3.63, 3.8) is 0 Å². The maximum atomic E-state index is 13.0. The minimum absolute atomic E-state index is 0.0769. The topological polar surface area (TPSA) is 103 Å². The van der Waals surface area contributed by atoms with Crippen LogP contribution in [0.3, 0.4) is 0 Å². The van der Waals surface area contributed by atoms with Gasteiger partial charge in [0, 0.05) is 44.4 Å². The molecule has 142 valence electrons. The highest BCUT2D eigenvalue weighted by molar-refractivity contribution is 5.94. The molecule has 1 saturated heterocycles. The van der Waals surface area contributed by atoms with Crippen LogP contribution >= 0.6 is 0 Å². The molecule has 1 amide bonds. The first kappa shape index (κ1) is 17.4. The summed E-state index contributed by atoms with van der Waals surface area (Å²) in [5.41, 5.74) is 1.17. The Labute approximate surface area is 156 Å². The quantitative estimate of drug-likeness (QED) is 0.654. The summed E-state index contributed by atoms with van der Waals surface area (Å²) < 4.78 is 12.1. The van der Waals surface area contributed by atoms with Crippen molar-refractivity contribution in [2.24, 2.45) is 5.92 Å². The largest absolute Gasteiger partial charge is 0.361 e. The van der Waals surface area contributed by atoms with Gasteiger partial charge in [0.15, 0.2) is 11.5 Å². The average molecular weight is 370 g/mol. The van der Waals surface area contributed by atoms with E-state index in [-0.39, 0.29) is 5.91 Å². The predicted octanol–water partition coefficient (Wildman–Crippen LogP) is 2.01. The third-order valence-electron chi connectivity index (χ3n) is 4.99. The molecule has 0 aliphatic carbocycles. The molecular weight excluding hydrogens is 348 g/mol. The lowest BCUT2D eigenvalue weighted by Gasteiger charge is -2.15. The number of nitrogens with zero attached hydrogens (tertiary/aromatic N) is 6. The van der Waals surface area contributed by atoms with Gasteiger partial charge in [0.05, 0.1) is 6.54 Å². The first-order valence-electron chi connectivity index (χ1n) is 9.11. The number of hydrogen-bond donors (Lipinski definition) is 0. The third kappa shape index (κ3) is 3.76. The van der Waals surface area contributed by atoms with Crippen LogP contribution < -0.4 is 0 Å². The van der Waals surface area contributed by atoms with Crippen molar-refractivity contribution in [3.05, 3.63) is 47.2 Å². The van der Waals surface area contributed by atoms with Gasteiger partial charge >= 0.3 is 0 Å². The summed E-state index contributed by atoms with van der Waals surface area (Å²) in [4.78, 5) is 19.1.